The highest BCUT2D eigenvalue weighted by Gasteiger charge is 2.06. The second-order valence-corrected chi connectivity index (χ2v) is 4.43. The highest BCUT2D eigenvalue weighted by atomic mass is 16.5. The minimum atomic E-state index is 0.217. The Bertz CT molecular complexity index is 385. The number of ether oxygens (including phenoxy) is 1. The van der Waals surface area contributed by atoms with Gasteiger partial charge in [-0.25, -0.2) is 0 Å². The SMILES string of the molecule is COCCN(C)CCNc1nc(N)nc(N(C)C)n1. The topological polar surface area (TPSA) is 92.4 Å². The molecule has 8 heteroatoms. The Kier molecular flexibility index (Phi) is 6.23. The smallest absolute Gasteiger partial charge is 0.231 e. The fourth-order valence-electron chi connectivity index (χ4n) is 1.38. The van der Waals surface area contributed by atoms with Gasteiger partial charge < -0.3 is 25.6 Å². The lowest BCUT2D eigenvalue weighted by Crippen LogP contribution is -2.28. The van der Waals surface area contributed by atoms with E-state index in [1.54, 1.807) is 12.0 Å². The van der Waals surface area contributed by atoms with E-state index in [0.717, 1.165) is 26.2 Å². The highest BCUT2D eigenvalue weighted by molar-refractivity contribution is 5.40. The quantitative estimate of drug-likeness (QED) is 0.653. The van der Waals surface area contributed by atoms with Gasteiger partial charge in [0.1, 0.15) is 0 Å². The fraction of sp³-hybridized carbons (Fsp3) is 0.727. The Morgan fingerprint density at radius 3 is 2.53 bits per heavy atom. The van der Waals surface area contributed by atoms with Gasteiger partial charge in [0.15, 0.2) is 0 Å². The van der Waals surface area contributed by atoms with Crippen LogP contribution in [0.25, 0.3) is 0 Å². The molecule has 0 radical (unpaired) electrons. The van der Waals surface area contributed by atoms with E-state index >= 15 is 0 Å². The molecule has 0 amide bonds. The largest absolute Gasteiger partial charge is 0.383 e. The average molecular weight is 269 g/mol. The fourth-order valence-corrected chi connectivity index (χ4v) is 1.38. The summed E-state index contributed by atoms with van der Waals surface area (Å²) < 4.78 is 5.02. The van der Waals surface area contributed by atoms with Crippen LogP contribution in [0, 0.1) is 0 Å². The monoisotopic (exact) mass is 269 g/mol. The number of methoxy groups -OCH3 is 1. The molecule has 0 atom stereocenters. The summed E-state index contributed by atoms with van der Waals surface area (Å²) in [5, 5.41) is 3.14. The summed E-state index contributed by atoms with van der Waals surface area (Å²) in [6.07, 6.45) is 0. The van der Waals surface area contributed by atoms with Crippen LogP contribution >= 0.6 is 0 Å². The standard InChI is InChI=1S/C11H23N7O/c1-17(2)11-15-9(12)14-10(16-11)13-5-6-18(3)7-8-19-4/h5-8H2,1-4H3,(H3,12,13,14,15,16). The Morgan fingerprint density at radius 1 is 1.16 bits per heavy atom. The summed E-state index contributed by atoms with van der Waals surface area (Å²) in [5.41, 5.74) is 5.64. The van der Waals surface area contributed by atoms with Crippen molar-refractivity contribution >= 4 is 17.8 Å². The van der Waals surface area contributed by atoms with Crippen molar-refractivity contribution in [3.8, 4) is 0 Å². The average Bonchev–Trinajstić information content (AvgIpc) is 2.35. The molecular weight excluding hydrogens is 246 g/mol. The van der Waals surface area contributed by atoms with E-state index in [1.807, 2.05) is 21.1 Å². The molecule has 3 N–H and O–H groups in total. The molecular formula is C11H23N7O. The van der Waals surface area contributed by atoms with Crippen molar-refractivity contribution in [3.63, 3.8) is 0 Å². The molecule has 0 saturated heterocycles. The van der Waals surface area contributed by atoms with Gasteiger partial charge in [0.05, 0.1) is 6.61 Å². The first-order valence-electron chi connectivity index (χ1n) is 6.13. The summed E-state index contributed by atoms with van der Waals surface area (Å²) in [7, 11) is 7.45. The van der Waals surface area contributed by atoms with Crippen molar-refractivity contribution < 1.29 is 4.74 Å². The van der Waals surface area contributed by atoms with E-state index in [0.29, 0.717) is 11.9 Å². The minimum absolute atomic E-state index is 0.217. The number of aromatic nitrogens is 3. The van der Waals surface area contributed by atoms with Gasteiger partial charge in [-0.1, -0.05) is 0 Å². The van der Waals surface area contributed by atoms with Gasteiger partial charge in [0, 0.05) is 40.8 Å². The second kappa shape index (κ2) is 7.70. The van der Waals surface area contributed by atoms with Crippen LogP contribution in [0.4, 0.5) is 17.8 Å². The van der Waals surface area contributed by atoms with Gasteiger partial charge in [0.2, 0.25) is 17.8 Å². The zero-order chi connectivity index (χ0) is 14.3. The van der Waals surface area contributed by atoms with E-state index < -0.39 is 0 Å². The molecule has 0 aliphatic carbocycles. The van der Waals surface area contributed by atoms with Crippen molar-refractivity contribution in [2.75, 3.05) is 70.4 Å². The number of rotatable bonds is 8. The summed E-state index contributed by atoms with van der Waals surface area (Å²) in [6.45, 7) is 3.21. The Balaban J connectivity index is 2.44. The molecule has 0 fully saturated rings. The molecule has 1 aromatic rings. The third-order valence-corrected chi connectivity index (χ3v) is 2.49. The van der Waals surface area contributed by atoms with Crippen molar-refractivity contribution in [1.82, 2.24) is 19.9 Å². The molecule has 0 spiro atoms. The highest BCUT2D eigenvalue weighted by Crippen LogP contribution is 2.08. The third kappa shape index (κ3) is 5.66. The van der Waals surface area contributed by atoms with Crippen LogP contribution in [-0.4, -0.2) is 74.3 Å². The lowest BCUT2D eigenvalue weighted by Gasteiger charge is -2.16. The number of nitrogen functional groups attached to an aromatic ring is 1. The summed E-state index contributed by atoms with van der Waals surface area (Å²) in [4.78, 5) is 16.3. The van der Waals surface area contributed by atoms with E-state index in [-0.39, 0.29) is 5.95 Å². The first-order chi connectivity index (χ1) is 9.02. The van der Waals surface area contributed by atoms with Crippen LogP contribution in [0.3, 0.4) is 0 Å². The summed E-state index contributed by atoms with van der Waals surface area (Å²) in [6, 6.07) is 0. The van der Waals surface area contributed by atoms with Crippen molar-refractivity contribution in [3.05, 3.63) is 0 Å². The Labute approximate surface area is 114 Å². The Morgan fingerprint density at radius 2 is 1.89 bits per heavy atom. The third-order valence-electron chi connectivity index (χ3n) is 2.49. The van der Waals surface area contributed by atoms with Crippen LogP contribution in [-0.2, 0) is 4.74 Å². The van der Waals surface area contributed by atoms with Gasteiger partial charge in [-0.05, 0) is 7.05 Å². The van der Waals surface area contributed by atoms with Gasteiger partial charge in [0.25, 0.3) is 0 Å². The zero-order valence-electron chi connectivity index (χ0n) is 12.1. The maximum absolute atomic E-state index is 5.64. The molecule has 1 aromatic heterocycles. The molecule has 0 aromatic carbocycles. The number of nitrogens with zero attached hydrogens (tertiary/aromatic N) is 5. The molecule has 0 saturated carbocycles. The molecule has 1 rings (SSSR count). The molecule has 8 nitrogen and oxygen atoms in total. The number of nitrogens with two attached hydrogens (primary N) is 1. The van der Waals surface area contributed by atoms with Crippen molar-refractivity contribution in [1.29, 1.82) is 0 Å². The van der Waals surface area contributed by atoms with Gasteiger partial charge in [-0.3, -0.25) is 0 Å². The zero-order valence-corrected chi connectivity index (χ0v) is 12.1. The summed E-state index contributed by atoms with van der Waals surface area (Å²) in [5.74, 6) is 1.26. The van der Waals surface area contributed by atoms with Crippen LogP contribution in [0.2, 0.25) is 0 Å². The minimum Gasteiger partial charge on any atom is -0.383 e. The normalized spacial score (nSPS) is 10.8. The predicted molar refractivity (Wildman–Crippen MR) is 76.4 cm³/mol. The van der Waals surface area contributed by atoms with Gasteiger partial charge in [-0.15, -0.1) is 0 Å². The second-order valence-electron chi connectivity index (χ2n) is 4.43. The van der Waals surface area contributed by atoms with E-state index in [1.165, 1.54) is 0 Å². The van der Waals surface area contributed by atoms with Crippen LogP contribution in [0.1, 0.15) is 0 Å². The van der Waals surface area contributed by atoms with E-state index in [9.17, 15) is 0 Å². The van der Waals surface area contributed by atoms with Crippen molar-refractivity contribution in [2.45, 2.75) is 0 Å². The van der Waals surface area contributed by atoms with E-state index in [4.69, 9.17) is 10.5 Å². The number of anilines is 3. The first kappa shape index (κ1) is 15.4. The van der Waals surface area contributed by atoms with Gasteiger partial charge >= 0.3 is 0 Å². The summed E-state index contributed by atoms with van der Waals surface area (Å²) >= 11 is 0. The van der Waals surface area contributed by atoms with Crippen LogP contribution < -0.4 is 16.0 Å². The lowest BCUT2D eigenvalue weighted by molar-refractivity contribution is 0.163. The van der Waals surface area contributed by atoms with Crippen molar-refractivity contribution in [2.24, 2.45) is 0 Å². The number of likely N-dealkylation sites (N-methyl/N-ethyl adjacent to an activating group) is 1. The number of hydrogen-bond acceptors (Lipinski definition) is 8. The van der Waals surface area contributed by atoms with E-state index in [2.05, 4.69) is 25.2 Å². The predicted octanol–water partition coefficient (Wildman–Crippen LogP) is -0.490. The number of nitrogens with one attached hydrogen (secondary N) is 1. The molecule has 108 valence electrons. The Hall–Kier alpha value is -1.67. The molecule has 1 heterocycles. The molecule has 0 bridgehead atoms. The molecule has 0 aliphatic heterocycles. The maximum Gasteiger partial charge on any atom is 0.231 e. The number of hydrogen-bond donors (Lipinski definition) is 2. The van der Waals surface area contributed by atoms with Gasteiger partial charge in [-0.2, -0.15) is 15.0 Å². The van der Waals surface area contributed by atoms with Crippen LogP contribution in [0.15, 0.2) is 0 Å². The molecule has 19 heavy (non-hydrogen) atoms. The first-order valence-corrected chi connectivity index (χ1v) is 6.13. The molecule has 0 unspecified atom stereocenters. The maximum atomic E-state index is 5.64. The molecule has 0 aliphatic rings. The van der Waals surface area contributed by atoms with Crippen LogP contribution in [0.5, 0.6) is 0 Å². The lowest BCUT2D eigenvalue weighted by atomic mass is 10.5.